The van der Waals surface area contributed by atoms with Crippen molar-refractivity contribution in [3.8, 4) is 11.1 Å². The Morgan fingerprint density at radius 1 is 1.06 bits per heavy atom. The van der Waals surface area contributed by atoms with Crippen LogP contribution in [-0.2, 0) is 11.3 Å². The molecular formula is C24H27F5N2O3. The molecule has 0 unspecified atom stereocenters. The summed E-state index contributed by atoms with van der Waals surface area (Å²) in [4.78, 5) is 20.2. The summed E-state index contributed by atoms with van der Waals surface area (Å²) in [6.07, 6.45) is -0.808. The van der Waals surface area contributed by atoms with Crippen LogP contribution in [0.5, 0.6) is 0 Å². The Labute approximate surface area is 194 Å². The molecule has 2 aromatic rings. The van der Waals surface area contributed by atoms with Crippen molar-refractivity contribution in [1.29, 1.82) is 0 Å². The fourth-order valence-corrected chi connectivity index (χ4v) is 3.64. The number of alkyl halides is 3. The molecule has 2 aromatic carbocycles. The Morgan fingerprint density at radius 2 is 1.59 bits per heavy atom. The molecule has 1 aliphatic rings. The lowest BCUT2D eigenvalue weighted by atomic mass is 9.75. The number of hydrogen-bond donors (Lipinski definition) is 3. The van der Waals surface area contributed by atoms with Gasteiger partial charge in [-0.1, -0.05) is 26.0 Å². The minimum atomic E-state index is -5.08. The van der Waals surface area contributed by atoms with E-state index in [2.05, 4.69) is 19.2 Å². The van der Waals surface area contributed by atoms with Crippen molar-refractivity contribution in [3.05, 3.63) is 59.2 Å². The number of hydrogen-bond acceptors (Lipinski definition) is 3. The van der Waals surface area contributed by atoms with Gasteiger partial charge in [0, 0.05) is 23.7 Å². The minimum absolute atomic E-state index is 0.0506. The minimum Gasteiger partial charge on any atom is -0.475 e. The molecule has 0 bridgehead atoms. The van der Waals surface area contributed by atoms with E-state index in [-0.39, 0.29) is 12.1 Å². The van der Waals surface area contributed by atoms with Gasteiger partial charge in [0.25, 0.3) is 0 Å². The van der Waals surface area contributed by atoms with Gasteiger partial charge in [-0.3, -0.25) is 4.79 Å². The van der Waals surface area contributed by atoms with Gasteiger partial charge in [0.15, 0.2) is 0 Å². The number of amides is 1. The zero-order valence-electron chi connectivity index (χ0n) is 18.8. The summed E-state index contributed by atoms with van der Waals surface area (Å²) in [6.45, 7) is 4.69. The van der Waals surface area contributed by atoms with Crippen LogP contribution in [0.2, 0.25) is 0 Å². The molecule has 5 nitrogen and oxygen atoms in total. The third kappa shape index (κ3) is 7.79. The van der Waals surface area contributed by atoms with Gasteiger partial charge in [-0.05, 0) is 66.5 Å². The molecule has 3 rings (SSSR count). The van der Waals surface area contributed by atoms with E-state index in [0.717, 1.165) is 25.7 Å². The molecule has 1 fully saturated rings. The number of carbonyl (C=O) groups is 2. The van der Waals surface area contributed by atoms with Crippen molar-refractivity contribution in [3.63, 3.8) is 0 Å². The average Bonchev–Trinajstić information content (AvgIpc) is 2.74. The van der Waals surface area contributed by atoms with Crippen molar-refractivity contribution >= 4 is 11.9 Å². The SMILES string of the molecule is CC1(C)CCC(NCc2c(F)cc(-c3cccc(C(N)=O)c3)cc2F)CC1.O=C(O)C(F)(F)F. The largest absolute Gasteiger partial charge is 0.490 e. The Kier molecular flexibility index (Phi) is 8.77. The molecule has 1 aliphatic carbocycles. The van der Waals surface area contributed by atoms with Gasteiger partial charge in [-0.2, -0.15) is 13.2 Å². The van der Waals surface area contributed by atoms with Gasteiger partial charge in [0.05, 0.1) is 0 Å². The number of halogens is 5. The number of carboxylic acids is 1. The van der Waals surface area contributed by atoms with Crippen LogP contribution in [0, 0.1) is 17.0 Å². The fraction of sp³-hybridized carbons (Fsp3) is 0.417. The molecule has 4 N–H and O–H groups in total. The Morgan fingerprint density at radius 3 is 2.06 bits per heavy atom. The van der Waals surface area contributed by atoms with Gasteiger partial charge in [0.2, 0.25) is 5.91 Å². The first-order valence-corrected chi connectivity index (χ1v) is 10.6. The van der Waals surface area contributed by atoms with Gasteiger partial charge in [-0.25, -0.2) is 13.6 Å². The zero-order chi connectivity index (χ0) is 25.7. The van der Waals surface area contributed by atoms with Crippen molar-refractivity contribution in [2.24, 2.45) is 11.1 Å². The number of primary amides is 1. The van der Waals surface area contributed by atoms with Crippen LogP contribution in [0.1, 0.15) is 55.5 Å². The zero-order valence-corrected chi connectivity index (χ0v) is 18.8. The van der Waals surface area contributed by atoms with Crippen molar-refractivity contribution in [2.75, 3.05) is 0 Å². The number of carbonyl (C=O) groups excluding carboxylic acids is 1. The highest BCUT2D eigenvalue weighted by Gasteiger charge is 2.38. The highest BCUT2D eigenvalue weighted by atomic mass is 19.4. The van der Waals surface area contributed by atoms with Crippen LogP contribution in [-0.4, -0.2) is 29.2 Å². The smallest absolute Gasteiger partial charge is 0.475 e. The second-order valence-corrected chi connectivity index (χ2v) is 8.99. The Balaban J connectivity index is 0.000000509. The van der Waals surface area contributed by atoms with E-state index in [9.17, 15) is 26.7 Å². The summed E-state index contributed by atoms with van der Waals surface area (Å²) in [5.74, 6) is -4.50. The Hall–Kier alpha value is -3.01. The van der Waals surface area contributed by atoms with Crippen LogP contribution < -0.4 is 11.1 Å². The molecule has 1 saturated carbocycles. The Bertz CT molecular complexity index is 1000. The van der Waals surface area contributed by atoms with E-state index >= 15 is 0 Å². The van der Waals surface area contributed by atoms with Crippen molar-refractivity contribution in [1.82, 2.24) is 5.32 Å². The number of rotatable bonds is 5. The molecule has 0 atom stereocenters. The van der Waals surface area contributed by atoms with Gasteiger partial charge < -0.3 is 16.2 Å². The van der Waals surface area contributed by atoms with E-state index in [4.69, 9.17) is 15.6 Å². The van der Waals surface area contributed by atoms with E-state index in [0.29, 0.717) is 28.1 Å². The van der Waals surface area contributed by atoms with Crippen LogP contribution in [0.4, 0.5) is 22.0 Å². The lowest BCUT2D eigenvalue weighted by Crippen LogP contribution is -2.35. The predicted octanol–water partition coefficient (Wildman–Crippen LogP) is 5.42. The van der Waals surface area contributed by atoms with Crippen LogP contribution >= 0.6 is 0 Å². The summed E-state index contributed by atoms with van der Waals surface area (Å²) in [7, 11) is 0. The van der Waals surface area contributed by atoms with Crippen molar-refractivity contribution in [2.45, 2.75) is 58.3 Å². The van der Waals surface area contributed by atoms with Crippen LogP contribution in [0.25, 0.3) is 11.1 Å². The molecule has 0 aromatic heterocycles. The molecule has 0 saturated heterocycles. The number of nitrogens with one attached hydrogen (secondary N) is 1. The summed E-state index contributed by atoms with van der Waals surface area (Å²) in [6, 6.07) is 9.37. The van der Waals surface area contributed by atoms with Crippen molar-refractivity contribution < 1.29 is 36.6 Å². The molecule has 0 spiro atoms. The van der Waals surface area contributed by atoms with E-state index < -0.39 is 29.7 Å². The third-order valence-corrected chi connectivity index (χ3v) is 5.77. The lowest BCUT2D eigenvalue weighted by Gasteiger charge is -2.34. The molecule has 186 valence electrons. The molecular weight excluding hydrogens is 459 g/mol. The topological polar surface area (TPSA) is 92.4 Å². The molecule has 10 heteroatoms. The number of nitrogens with two attached hydrogens (primary N) is 1. The second-order valence-electron chi connectivity index (χ2n) is 8.99. The maximum atomic E-state index is 14.6. The third-order valence-electron chi connectivity index (χ3n) is 5.77. The first-order valence-electron chi connectivity index (χ1n) is 10.6. The molecule has 1 amide bonds. The number of aliphatic carboxylic acids is 1. The first kappa shape index (κ1) is 27.2. The summed E-state index contributed by atoms with van der Waals surface area (Å²) < 4.78 is 60.9. The monoisotopic (exact) mass is 486 g/mol. The highest BCUT2D eigenvalue weighted by molar-refractivity contribution is 5.94. The summed E-state index contributed by atoms with van der Waals surface area (Å²) in [5.41, 5.74) is 6.93. The van der Waals surface area contributed by atoms with Crippen LogP contribution in [0.15, 0.2) is 36.4 Å². The van der Waals surface area contributed by atoms with Gasteiger partial charge in [0.1, 0.15) is 11.6 Å². The standard InChI is InChI=1S/C22H26F2N2O.C2HF3O2/c1-22(2)8-6-17(7-9-22)26-13-18-19(23)11-16(12-20(18)24)14-4-3-5-15(10-14)21(25)27;3-2(4,5)1(6)7/h3-5,10-12,17,26H,6-9,13H2,1-2H3,(H2,25,27);(H,6,7). The number of carboxylic acid groups (broad SMARTS) is 1. The molecule has 34 heavy (non-hydrogen) atoms. The summed E-state index contributed by atoms with van der Waals surface area (Å²) >= 11 is 0. The van der Waals surface area contributed by atoms with E-state index in [1.807, 2.05) is 0 Å². The summed E-state index contributed by atoms with van der Waals surface area (Å²) in [5, 5.41) is 10.4. The maximum Gasteiger partial charge on any atom is 0.490 e. The van der Waals surface area contributed by atoms with Crippen LogP contribution in [0.3, 0.4) is 0 Å². The maximum absolute atomic E-state index is 14.6. The molecule has 0 heterocycles. The number of benzene rings is 2. The predicted molar refractivity (Wildman–Crippen MR) is 117 cm³/mol. The van der Waals surface area contributed by atoms with Gasteiger partial charge in [-0.15, -0.1) is 0 Å². The molecule has 0 radical (unpaired) electrons. The second kappa shape index (κ2) is 10.9. The lowest BCUT2D eigenvalue weighted by molar-refractivity contribution is -0.192. The average molecular weight is 486 g/mol. The van der Waals surface area contributed by atoms with Gasteiger partial charge >= 0.3 is 12.1 Å². The van der Waals surface area contributed by atoms with E-state index in [1.54, 1.807) is 18.2 Å². The normalized spacial score (nSPS) is 15.9. The van der Waals surface area contributed by atoms with E-state index in [1.165, 1.54) is 18.2 Å². The molecule has 0 aliphatic heterocycles. The highest BCUT2D eigenvalue weighted by Crippen LogP contribution is 2.35. The quantitative estimate of drug-likeness (QED) is 0.492. The first-order chi connectivity index (χ1) is 15.7. The fourth-order valence-electron chi connectivity index (χ4n) is 3.64.